The van der Waals surface area contributed by atoms with Gasteiger partial charge in [0.15, 0.2) is 5.82 Å². The molecule has 0 aliphatic carbocycles. The highest BCUT2D eigenvalue weighted by Gasteiger charge is 2.10. The minimum absolute atomic E-state index is 0. The number of imidazole rings is 1. The van der Waals surface area contributed by atoms with Crippen LogP contribution in [0.5, 0.6) is 0 Å². The van der Waals surface area contributed by atoms with Crippen molar-refractivity contribution in [3.8, 4) is 17.2 Å². The maximum atomic E-state index is 4.73. The summed E-state index contributed by atoms with van der Waals surface area (Å²) in [5, 5.41) is 1.01. The van der Waals surface area contributed by atoms with E-state index in [1.165, 1.54) is 0 Å². The minimum Gasteiger partial charge on any atom is -0.290 e. The third-order valence-corrected chi connectivity index (χ3v) is 3.36. The van der Waals surface area contributed by atoms with E-state index in [9.17, 15) is 0 Å². The summed E-state index contributed by atoms with van der Waals surface area (Å²) in [5.41, 5.74) is 1.93. The molecule has 0 N–H and O–H groups in total. The van der Waals surface area contributed by atoms with Crippen LogP contribution in [0.1, 0.15) is 0 Å². The minimum atomic E-state index is 0. The molecule has 0 aliphatic heterocycles. The molecule has 0 atom stereocenters. The summed E-state index contributed by atoms with van der Waals surface area (Å²) in [6, 6.07) is 18.0. The lowest BCUT2D eigenvalue weighted by molar-refractivity contribution is 0.997. The highest BCUT2D eigenvalue weighted by Crippen LogP contribution is 2.23. The molecule has 0 aliphatic rings. The van der Waals surface area contributed by atoms with E-state index in [-0.39, 0.29) is 12.4 Å². The number of nitrogens with zero attached hydrogens (tertiary/aromatic N) is 4. The molecule has 0 amide bonds. The molecule has 2 heterocycles. The van der Waals surface area contributed by atoms with Crippen LogP contribution in [-0.2, 0) is 0 Å². The summed E-state index contributed by atoms with van der Waals surface area (Å²) in [4.78, 5) is 13.5. The van der Waals surface area contributed by atoms with E-state index in [4.69, 9.17) is 4.98 Å². The lowest BCUT2D eigenvalue weighted by atomic mass is 10.2. The monoisotopic (exact) mass is 308 g/mol. The Morgan fingerprint density at radius 1 is 0.818 bits per heavy atom. The van der Waals surface area contributed by atoms with Crippen molar-refractivity contribution < 1.29 is 0 Å². The second-order valence-electron chi connectivity index (χ2n) is 4.72. The summed E-state index contributed by atoms with van der Waals surface area (Å²) >= 11 is 0. The van der Waals surface area contributed by atoms with Gasteiger partial charge < -0.3 is 0 Å². The number of aromatic nitrogens is 4. The Balaban J connectivity index is 0.00000144. The van der Waals surface area contributed by atoms with E-state index < -0.39 is 0 Å². The van der Waals surface area contributed by atoms with Crippen molar-refractivity contribution in [1.29, 1.82) is 0 Å². The van der Waals surface area contributed by atoms with Gasteiger partial charge in [-0.05, 0) is 12.1 Å². The molecular weight excluding hydrogens is 296 g/mol. The zero-order valence-corrected chi connectivity index (χ0v) is 12.4. The molecule has 5 heteroatoms. The van der Waals surface area contributed by atoms with Crippen LogP contribution in [0, 0.1) is 0 Å². The highest BCUT2D eigenvalue weighted by atomic mass is 35.5. The van der Waals surface area contributed by atoms with Gasteiger partial charge in [0, 0.05) is 23.3 Å². The zero-order valence-electron chi connectivity index (χ0n) is 11.6. The second kappa shape index (κ2) is 5.95. The Bertz CT molecular complexity index is 889. The van der Waals surface area contributed by atoms with Gasteiger partial charge in [-0.3, -0.25) is 4.57 Å². The number of para-hydroxylation sites is 1. The summed E-state index contributed by atoms with van der Waals surface area (Å²) in [6.45, 7) is 0. The van der Waals surface area contributed by atoms with E-state index in [2.05, 4.69) is 9.97 Å². The van der Waals surface area contributed by atoms with Crippen molar-refractivity contribution in [1.82, 2.24) is 19.5 Å². The first kappa shape index (κ1) is 14.2. The second-order valence-corrected chi connectivity index (χ2v) is 4.72. The fourth-order valence-corrected chi connectivity index (χ4v) is 2.36. The molecule has 0 radical (unpaired) electrons. The molecule has 0 fully saturated rings. The maximum Gasteiger partial charge on any atom is 0.162 e. The number of fused-ring (bicyclic) bond motifs is 1. The highest BCUT2D eigenvalue weighted by molar-refractivity contribution is 5.87. The van der Waals surface area contributed by atoms with Crippen molar-refractivity contribution in [3.63, 3.8) is 0 Å². The molecule has 0 unspecified atom stereocenters. The first-order valence-corrected chi connectivity index (χ1v) is 6.72. The van der Waals surface area contributed by atoms with Gasteiger partial charge in [0.05, 0.1) is 5.52 Å². The van der Waals surface area contributed by atoms with E-state index in [1.807, 2.05) is 65.4 Å². The van der Waals surface area contributed by atoms with Crippen molar-refractivity contribution in [2.24, 2.45) is 0 Å². The predicted molar refractivity (Wildman–Crippen MR) is 89.3 cm³/mol. The van der Waals surface area contributed by atoms with Crippen molar-refractivity contribution in [3.05, 3.63) is 73.3 Å². The van der Waals surface area contributed by atoms with Crippen LogP contribution in [0.15, 0.2) is 73.3 Å². The molecule has 4 rings (SSSR count). The van der Waals surface area contributed by atoms with Gasteiger partial charge in [-0.1, -0.05) is 42.5 Å². The summed E-state index contributed by atoms with van der Waals surface area (Å²) in [5.74, 6) is 1.56. The predicted octanol–water partition coefficient (Wildman–Crippen LogP) is 3.90. The average molecular weight is 309 g/mol. The Morgan fingerprint density at radius 3 is 2.36 bits per heavy atom. The average Bonchev–Trinajstić information content (AvgIpc) is 3.09. The van der Waals surface area contributed by atoms with E-state index in [1.54, 1.807) is 12.5 Å². The summed E-state index contributed by atoms with van der Waals surface area (Å²) in [7, 11) is 0. The Morgan fingerprint density at radius 2 is 1.59 bits per heavy atom. The lowest BCUT2D eigenvalue weighted by Gasteiger charge is -2.09. The Kier molecular flexibility index (Phi) is 3.85. The van der Waals surface area contributed by atoms with E-state index in [0.29, 0.717) is 0 Å². The lowest BCUT2D eigenvalue weighted by Crippen LogP contribution is -2.00. The molecule has 4 aromatic rings. The van der Waals surface area contributed by atoms with Crippen molar-refractivity contribution in [2.45, 2.75) is 0 Å². The first-order chi connectivity index (χ1) is 10.4. The molecule has 2 aromatic heterocycles. The van der Waals surface area contributed by atoms with Crippen LogP contribution in [-0.4, -0.2) is 19.5 Å². The molecule has 0 saturated carbocycles. The summed E-state index contributed by atoms with van der Waals surface area (Å²) < 4.78 is 1.91. The van der Waals surface area contributed by atoms with Crippen LogP contribution >= 0.6 is 12.4 Å². The normalized spacial score (nSPS) is 10.4. The zero-order chi connectivity index (χ0) is 14.1. The van der Waals surface area contributed by atoms with Crippen LogP contribution in [0.25, 0.3) is 28.1 Å². The topological polar surface area (TPSA) is 43.6 Å². The van der Waals surface area contributed by atoms with Crippen LogP contribution < -0.4 is 0 Å². The summed E-state index contributed by atoms with van der Waals surface area (Å²) in [6.07, 6.45) is 5.40. The third kappa shape index (κ3) is 2.44. The van der Waals surface area contributed by atoms with Gasteiger partial charge in [0.1, 0.15) is 12.1 Å². The fourth-order valence-electron chi connectivity index (χ4n) is 2.36. The van der Waals surface area contributed by atoms with Gasteiger partial charge >= 0.3 is 0 Å². The number of hydrogen-bond acceptors (Lipinski definition) is 3. The number of benzene rings is 2. The molecule has 4 nitrogen and oxygen atoms in total. The maximum absolute atomic E-state index is 4.73. The third-order valence-electron chi connectivity index (χ3n) is 3.36. The Hall–Kier alpha value is -2.72. The SMILES string of the molecule is Cl.c1ccc(-c2nc(-n3ccnc3)c3ccccc3n2)cc1. The van der Waals surface area contributed by atoms with Gasteiger partial charge in [-0.25, -0.2) is 15.0 Å². The van der Waals surface area contributed by atoms with Crippen molar-refractivity contribution in [2.75, 3.05) is 0 Å². The van der Waals surface area contributed by atoms with Crippen molar-refractivity contribution >= 4 is 23.3 Å². The standard InChI is InChI=1S/C17H12N4.ClH/c1-2-6-13(7-3-1)16-19-15-9-5-4-8-14(15)17(20-16)21-11-10-18-12-21;/h1-12H;1H. The van der Waals surface area contributed by atoms with Crippen LogP contribution in [0.2, 0.25) is 0 Å². The Labute approximate surface area is 133 Å². The van der Waals surface area contributed by atoms with Crippen LogP contribution in [0.4, 0.5) is 0 Å². The van der Waals surface area contributed by atoms with Crippen LogP contribution in [0.3, 0.4) is 0 Å². The molecular formula is C17H13ClN4. The molecule has 0 bridgehead atoms. The molecule has 108 valence electrons. The van der Waals surface area contributed by atoms with Gasteiger partial charge in [-0.2, -0.15) is 0 Å². The molecule has 0 spiro atoms. The van der Waals surface area contributed by atoms with E-state index >= 15 is 0 Å². The number of halogens is 1. The molecule has 2 aromatic carbocycles. The largest absolute Gasteiger partial charge is 0.290 e. The number of rotatable bonds is 2. The van der Waals surface area contributed by atoms with Gasteiger partial charge in [-0.15, -0.1) is 12.4 Å². The number of hydrogen-bond donors (Lipinski definition) is 0. The quantitative estimate of drug-likeness (QED) is 0.564. The molecule has 0 saturated heterocycles. The fraction of sp³-hybridized carbons (Fsp3) is 0. The molecule has 22 heavy (non-hydrogen) atoms. The van der Waals surface area contributed by atoms with Gasteiger partial charge in [0.25, 0.3) is 0 Å². The smallest absolute Gasteiger partial charge is 0.162 e. The van der Waals surface area contributed by atoms with Gasteiger partial charge in [0.2, 0.25) is 0 Å². The first-order valence-electron chi connectivity index (χ1n) is 6.72. The van der Waals surface area contributed by atoms with E-state index in [0.717, 1.165) is 28.1 Å².